The number of ether oxygens (including phenoxy) is 1. The van der Waals surface area contributed by atoms with Gasteiger partial charge in [0.05, 0.1) is 17.6 Å². The van der Waals surface area contributed by atoms with Crippen LogP contribution in [-0.4, -0.2) is 27.5 Å². The van der Waals surface area contributed by atoms with Crippen molar-refractivity contribution >= 4 is 22.1 Å². The Balaban J connectivity index is 1.72. The topological polar surface area (TPSA) is 72.5 Å². The van der Waals surface area contributed by atoms with Gasteiger partial charge in [-0.15, -0.1) is 0 Å². The maximum atomic E-state index is 12.5. The second kappa shape index (κ2) is 7.43. The molecule has 1 saturated carbocycles. The smallest absolute Gasteiger partial charge is 0.337 e. The molecule has 0 aliphatic heterocycles. The first kappa shape index (κ1) is 18.4. The first-order chi connectivity index (χ1) is 12.4. The molecule has 2 aromatic rings. The molecule has 6 heteroatoms. The first-order valence-corrected chi connectivity index (χ1v) is 9.85. The summed E-state index contributed by atoms with van der Waals surface area (Å²) >= 11 is 0. The van der Waals surface area contributed by atoms with Crippen LogP contribution < -0.4 is 4.72 Å². The third kappa shape index (κ3) is 4.03. The van der Waals surface area contributed by atoms with E-state index in [-0.39, 0.29) is 16.9 Å². The van der Waals surface area contributed by atoms with Crippen molar-refractivity contribution in [2.75, 3.05) is 7.11 Å². The Hall–Kier alpha value is -2.44. The molecule has 26 heavy (non-hydrogen) atoms. The van der Waals surface area contributed by atoms with Crippen molar-refractivity contribution in [2.45, 2.75) is 30.7 Å². The molecular weight excluding hydrogens is 350 g/mol. The zero-order valence-corrected chi connectivity index (χ0v) is 15.5. The summed E-state index contributed by atoms with van der Waals surface area (Å²) in [5.41, 5.74) is 3.46. The van der Waals surface area contributed by atoms with E-state index in [4.69, 9.17) is 0 Å². The highest BCUT2D eigenvalue weighted by Crippen LogP contribution is 2.30. The maximum absolute atomic E-state index is 12.5. The molecular formula is C20H21NO4S. The first-order valence-electron chi connectivity index (χ1n) is 8.37. The molecule has 1 aliphatic carbocycles. The standard InChI is InChI=1S/C20H21NO4S/c1-14-3-10-18(11-4-14)26(23,24)21-19-12-9-17(19)13-15-5-7-16(8-6-15)20(22)25-2/h3-8,10-11,13,19,21H,9,12H2,1-2H3/b17-13+. The fourth-order valence-corrected chi connectivity index (χ4v) is 4.06. The molecule has 0 amide bonds. The molecule has 0 heterocycles. The number of hydrogen-bond donors (Lipinski definition) is 1. The molecule has 1 N–H and O–H groups in total. The summed E-state index contributed by atoms with van der Waals surface area (Å²) in [6.07, 6.45) is 3.59. The zero-order valence-electron chi connectivity index (χ0n) is 14.7. The fourth-order valence-electron chi connectivity index (χ4n) is 2.78. The SMILES string of the molecule is COC(=O)c1ccc(/C=C2\CCC2NS(=O)(=O)c2ccc(C)cc2)cc1. The van der Waals surface area contributed by atoms with Crippen molar-refractivity contribution in [3.8, 4) is 0 Å². The summed E-state index contributed by atoms with van der Waals surface area (Å²) in [4.78, 5) is 11.7. The van der Waals surface area contributed by atoms with Gasteiger partial charge in [-0.1, -0.05) is 41.5 Å². The molecule has 5 nitrogen and oxygen atoms in total. The third-order valence-electron chi connectivity index (χ3n) is 4.48. The van der Waals surface area contributed by atoms with E-state index >= 15 is 0 Å². The van der Waals surface area contributed by atoms with E-state index in [2.05, 4.69) is 9.46 Å². The minimum Gasteiger partial charge on any atom is -0.465 e. The number of methoxy groups -OCH3 is 1. The van der Waals surface area contributed by atoms with Crippen LogP contribution >= 0.6 is 0 Å². The minimum absolute atomic E-state index is 0.193. The van der Waals surface area contributed by atoms with Crippen LogP contribution in [0.5, 0.6) is 0 Å². The third-order valence-corrected chi connectivity index (χ3v) is 5.97. The van der Waals surface area contributed by atoms with Gasteiger partial charge < -0.3 is 4.74 Å². The van der Waals surface area contributed by atoms with E-state index in [9.17, 15) is 13.2 Å². The van der Waals surface area contributed by atoms with Gasteiger partial charge in [-0.05, 0) is 49.6 Å². The fraction of sp³-hybridized carbons (Fsp3) is 0.250. The van der Waals surface area contributed by atoms with Gasteiger partial charge in [0.1, 0.15) is 0 Å². The second-order valence-electron chi connectivity index (χ2n) is 6.36. The molecule has 0 aromatic heterocycles. The maximum Gasteiger partial charge on any atom is 0.337 e. The Bertz CT molecular complexity index is 929. The van der Waals surface area contributed by atoms with Crippen LogP contribution in [0.3, 0.4) is 0 Å². The second-order valence-corrected chi connectivity index (χ2v) is 8.07. The number of hydrogen-bond acceptors (Lipinski definition) is 4. The lowest BCUT2D eigenvalue weighted by molar-refractivity contribution is 0.0600. The van der Waals surface area contributed by atoms with Crippen molar-refractivity contribution < 1.29 is 17.9 Å². The van der Waals surface area contributed by atoms with Gasteiger partial charge in [0.25, 0.3) is 0 Å². The summed E-state index contributed by atoms with van der Waals surface area (Å²) in [6.45, 7) is 1.92. The van der Waals surface area contributed by atoms with Gasteiger partial charge in [-0.2, -0.15) is 0 Å². The highest BCUT2D eigenvalue weighted by molar-refractivity contribution is 7.89. The minimum atomic E-state index is -3.54. The lowest BCUT2D eigenvalue weighted by atomic mass is 9.85. The van der Waals surface area contributed by atoms with E-state index < -0.39 is 10.0 Å². The molecule has 136 valence electrons. The summed E-state index contributed by atoms with van der Waals surface area (Å²) in [5.74, 6) is -0.378. The predicted molar refractivity (Wildman–Crippen MR) is 100 cm³/mol. The molecule has 0 spiro atoms. The number of rotatable bonds is 5. The van der Waals surface area contributed by atoms with Gasteiger partial charge in [0.15, 0.2) is 0 Å². The Kier molecular flexibility index (Phi) is 5.25. The van der Waals surface area contributed by atoms with Gasteiger partial charge in [0, 0.05) is 6.04 Å². The molecule has 1 atom stereocenters. The van der Waals surface area contributed by atoms with Gasteiger partial charge in [-0.3, -0.25) is 0 Å². The average molecular weight is 371 g/mol. The number of carbonyl (C=O) groups is 1. The summed E-state index contributed by atoms with van der Waals surface area (Å²) in [6, 6.07) is 13.7. The molecule has 3 rings (SSSR count). The van der Waals surface area contributed by atoms with Crippen molar-refractivity contribution in [3.63, 3.8) is 0 Å². The lowest BCUT2D eigenvalue weighted by Crippen LogP contribution is -2.41. The monoisotopic (exact) mass is 371 g/mol. The molecule has 1 aliphatic rings. The largest absolute Gasteiger partial charge is 0.465 e. The average Bonchev–Trinajstić information content (AvgIpc) is 2.63. The van der Waals surface area contributed by atoms with E-state index in [1.807, 2.05) is 25.1 Å². The number of carbonyl (C=O) groups excluding carboxylic acids is 1. The summed E-state index contributed by atoms with van der Waals surface area (Å²) < 4.78 is 32.5. The quantitative estimate of drug-likeness (QED) is 0.819. The molecule has 1 unspecified atom stereocenters. The highest BCUT2D eigenvalue weighted by Gasteiger charge is 2.29. The Morgan fingerprint density at radius 2 is 1.77 bits per heavy atom. The van der Waals surface area contributed by atoms with E-state index in [1.54, 1.807) is 36.4 Å². The number of nitrogens with one attached hydrogen (secondary N) is 1. The number of esters is 1. The van der Waals surface area contributed by atoms with Crippen LogP contribution in [0.1, 0.15) is 34.3 Å². The Morgan fingerprint density at radius 1 is 1.12 bits per heavy atom. The lowest BCUT2D eigenvalue weighted by Gasteiger charge is -2.30. The highest BCUT2D eigenvalue weighted by atomic mass is 32.2. The molecule has 2 aromatic carbocycles. The Labute approximate surface area is 153 Å². The van der Waals surface area contributed by atoms with E-state index in [0.29, 0.717) is 5.56 Å². The van der Waals surface area contributed by atoms with Crippen LogP contribution in [0.4, 0.5) is 0 Å². The predicted octanol–water partition coefficient (Wildman–Crippen LogP) is 3.31. The van der Waals surface area contributed by atoms with Crippen molar-refractivity contribution in [1.29, 1.82) is 0 Å². The van der Waals surface area contributed by atoms with E-state index in [1.165, 1.54) is 7.11 Å². The zero-order chi connectivity index (χ0) is 18.7. The van der Waals surface area contributed by atoms with Crippen LogP contribution in [0, 0.1) is 6.92 Å². The summed E-state index contributed by atoms with van der Waals surface area (Å²) in [7, 11) is -2.19. The number of benzene rings is 2. The van der Waals surface area contributed by atoms with Crippen LogP contribution in [0.25, 0.3) is 6.08 Å². The van der Waals surface area contributed by atoms with Crippen LogP contribution in [0.2, 0.25) is 0 Å². The van der Waals surface area contributed by atoms with Crippen LogP contribution in [0.15, 0.2) is 59.0 Å². The van der Waals surface area contributed by atoms with E-state index in [0.717, 1.165) is 29.5 Å². The molecule has 1 fully saturated rings. The number of aryl methyl sites for hydroxylation is 1. The summed E-state index contributed by atoms with van der Waals surface area (Å²) in [5, 5.41) is 0. The molecule has 0 radical (unpaired) electrons. The van der Waals surface area contributed by atoms with Gasteiger partial charge in [0.2, 0.25) is 10.0 Å². The molecule has 0 bridgehead atoms. The number of sulfonamides is 1. The van der Waals surface area contributed by atoms with Crippen molar-refractivity contribution in [3.05, 3.63) is 70.8 Å². The van der Waals surface area contributed by atoms with Crippen molar-refractivity contribution in [1.82, 2.24) is 4.72 Å². The normalized spacial score (nSPS) is 18.4. The van der Waals surface area contributed by atoms with Crippen molar-refractivity contribution in [2.24, 2.45) is 0 Å². The van der Waals surface area contributed by atoms with Gasteiger partial charge in [-0.25, -0.2) is 17.9 Å². The molecule has 0 saturated heterocycles. The van der Waals surface area contributed by atoms with Crippen LogP contribution in [-0.2, 0) is 14.8 Å². The Morgan fingerprint density at radius 3 is 2.31 bits per heavy atom. The van der Waals surface area contributed by atoms with Gasteiger partial charge >= 0.3 is 5.97 Å².